The minimum Gasteiger partial charge on any atom is -0.493 e. The Labute approximate surface area is 65.6 Å². The van der Waals surface area contributed by atoms with Gasteiger partial charge >= 0.3 is 0 Å². The van der Waals surface area contributed by atoms with Crippen LogP contribution in [0.5, 0.6) is 5.75 Å². The van der Waals surface area contributed by atoms with Crippen LogP contribution in [-0.4, -0.2) is 6.61 Å². The average molecular weight is 156 g/mol. The summed E-state index contributed by atoms with van der Waals surface area (Å²) in [4.78, 5) is 0. The van der Waals surface area contributed by atoms with E-state index in [9.17, 15) is 0 Å². The van der Waals surface area contributed by atoms with E-state index in [4.69, 9.17) is 16.3 Å². The van der Waals surface area contributed by atoms with Gasteiger partial charge in [0, 0.05) is 6.07 Å². The molecule has 1 rings (SSSR count). The summed E-state index contributed by atoms with van der Waals surface area (Å²) in [5.41, 5.74) is 0. The first-order valence-electron chi connectivity index (χ1n) is 3.13. The van der Waals surface area contributed by atoms with Crippen LogP contribution in [0, 0.1) is 6.07 Å². The molecule has 0 aliphatic rings. The molecule has 1 aromatic carbocycles. The highest BCUT2D eigenvalue weighted by molar-refractivity contribution is 6.30. The number of ether oxygens (including phenoxy) is 1. The van der Waals surface area contributed by atoms with Gasteiger partial charge in [0.05, 0.1) is 11.6 Å². The monoisotopic (exact) mass is 155 g/mol. The van der Waals surface area contributed by atoms with Gasteiger partial charge in [-0.05, 0) is 19.1 Å². The van der Waals surface area contributed by atoms with Crippen LogP contribution in [-0.2, 0) is 0 Å². The van der Waals surface area contributed by atoms with E-state index in [0.717, 1.165) is 0 Å². The smallest absolute Gasteiger partial charge is 0.128 e. The lowest BCUT2D eigenvalue weighted by Crippen LogP contribution is -1.90. The predicted octanol–water partition coefficient (Wildman–Crippen LogP) is 2.54. The first-order valence-corrected chi connectivity index (χ1v) is 3.51. The van der Waals surface area contributed by atoms with Crippen molar-refractivity contribution in [2.24, 2.45) is 0 Å². The molecule has 0 heterocycles. The number of halogens is 1. The zero-order valence-electron chi connectivity index (χ0n) is 5.73. The molecule has 0 N–H and O–H groups in total. The van der Waals surface area contributed by atoms with Gasteiger partial charge in [-0.25, -0.2) is 0 Å². The van der Waals surface area contributed by atoms with Crippen molar-refractivity contribution >= 4 is 11.6 Å². The zero-order chi connectivity index (χ0) is 7.40. The van der Waals surface area contributed by atoms with Gasteiger partial charge in [0.15, 0.2) is 0 Å². The minimum atomic E-state index is 0.589. The fourth-order valence-corrected chi connectivity index (χ4v) is 0.827. The fourth-order valence-electron chi connectivity index (χ4n) is 0.661. The molecule has 1 radical (unpaired) electrons. The van der Waals surface area contributed by atoms with Crippen LogP contribution in [0.25, 0.3) is 0 Å². The molecule has 0 aliphatic heterocycles. The van der Waals surface area contributed by atoms with Gasteiger partial charge in [-0.3, -0.25) is 0 Å². The van der Waals surface area contributed by atoms with Crippen LogP contribution in [0.2, 0.25) is 5.02 Å². The van der Waals surface area contributed by atoms with Crippen LogP contribution < -0.4 is 4.74 Å². The number of hydrogen-bond acceptors (Lipinski definition) is 1. The Hall–Kier alpha value is -0.690. The van der Waals surface area contributed by atoms with Crippen LogP contribution >= 0.6 is 11.6 Å². The molecule has 0 amide bonds. The lowest BCUT2D eigenvalue weighted by atomic mass is 10.3. The first-order chi connectivity index (χ1) is 4.83. The molecule has 0 saturated heterocycles. The molecule has 2 heteroatoms. The quantitative estimate of drug-likeness (QED) is 0.638. The molecule has 0 atom stereocenters. The van der Waals surface area contributed by atoms with Crippen molar-refractivity contribution in [3.8, 4) is 5.75 Å². The van der Waals surface area contributed by atoms with E-state index in [1.807, 2.05) is 19.1 Å². The van der Waals surface area contributed by atoms with Crippen molar-refractivity contribution in [2.75, 3.05) is 6.61 Å². The van der Waals surface area contributed by atoms with Crippen molar-refractivity contribution in [2.45, 2.75) is 6.92 Å². The lowest BCUT2D eigenvalue weighted by Gasteiger charge is -2.00. The summed E-state index contributed by atoms with van der Waals surface area (Å²) >= 11 is 5.65. The standard InChI is InChI=1S/C8H8ClO/c1-2-10-8-5-3-4-7(9)6-8/h3-5H,2H2,1H3. The van der Waals surface area contributed by atoms with E-state index in [1.165, 1.54) is 0 Å². The summed E-state index contributed by atoms with van der Waals surface area (Å²) < 4.78 is 5.15. The summed E-state index contributed by atoms with van der Waals surface area (Å²) in [5, 5.41) is 0.589. The van der Waals surface area contributed by atoms with Gasteiger partial charge in [-0.2, -0.15) is 0 Å². The van der Waals surface area contributed by atoms with Crippen molar-refractivity contribution in [3.63, 3.8) is 0 Å². The Bertz CT molecular complexity index is 210. The van der Waals surface area contributed by atoms with E-state index in [1.54, 1.807) is 6.07 Å². The summed E-state index contributed by atoms with van der Waals surface area (Å²) in [5.74, 6) is 0.704. The van der Waals surface area contributed by atoms with E-state index < -0.39 is 0 Å². The molecular formula is C8H8ClO. The highest BCUT2D eigenvalue weighted by Gasteiger charge is 1.91. The SMILES string of the molecule is CCOc1[c]c(Cl)ccc1. The molecule has 10 heavy (non-hydrogen) atoms. The van der Waals surface area contributed by atoms with Crippen molar-refractivity contribution in [1.29, 1.82) is 0 Å². The highest BCUT2D eigenvalue weighted by atomic mass is 35.5. The van der Waals surface area contributed by atoms with Gasteiger partial charge in [-0.15, -0.1) is 0 Å². The Morgan fingerprint density at radius 2 is 2.40 bits per heavy atom. The normalized spacial score (nSPS) is 9.40. The van der Waals surface area contributed by atoms with Crippen molar-refractivity contribution in [1.82, 2.24) is 0 Å². The Morgan fingerprint density at radius 3 is 3.00 bits per heavy atom. The molecule has 1 nitrogen and oxygen atoms in total. The largest absolute Gasteiger partial charge is 0.493 e. The molecule has 0 saturated carbocycles. The van der Waals surface area contributed by atoms with Crippen LogP contribution in [0.15, 0.2) is 18.2 Å². The van der Waals surface area contributed by atoms with Crippen LogP contribution in [0.1, 0.15) is 6.92 Å². The summed E-state index contributed by atoms with van der Waals surface area (Å²) in [6.45, 7) is 2.57. The van der Waals surface area contributed by atoms with E-state index in [0.29, 0.717) is 17.4 Å². The third kappa shape index (κ3) is 1.92. The molecule has 0 aliphatic carbocycles. The minimum absolute atomic E-state index is 0.589. The third-order valence-electron chi connectivity index (χ3n) is 1.03. The Balaban J connectivity index is 2.75. The molecular weight excluding hydrogens is 148 g/mol. The maximum atomic E-state index is 5.65. The molecule has 0 bridgehead atoms. The van der Waals surface area contributed by atoms with Gasteiger partial charge in [0.2, 0.25) is 0 Å². The molecule has 0 fully saturated rings. The number of hydrogen-bond donors (Lipinski definition) is 0. The third-order valence-corrected chi connectivity index (χ3v) is 1.25. The topological polar surface area (TPSA) is 9.23 Å². The van der Waals surface area contributed by atoms with Gasteiger partial charge in [0.1, 0.15) is 5.75 Å². The maximum absolute atomic E-state index is 5.65. The molecule has 1 aromatic rings. The van der Waals surface area contributed by atoms with E-state index in [-0.39, 0.29) is 0 Å². The number of rotatable bonds is 2. The first kappa shape index (κ1) is 7.42. The summed E-state index contributed by atoms with van der Waals surface area (Å²) in [6, 6.07) is 8.29. The summed E-state index contributed by atoms with van der Waals surface area (Å²) in [6.07, 6.45) is 0. The highest BCUT2D eigenvalue weighted by Crippen LogP contribution is 2.15. The second kappa shape index (κ2) is 3.47. The molecule has 0 unspecified atom stereocenters. The molecule has 0 aromatic heterocycles. The zero-order valence-corrected chi connectivity index (χ0v) is 6.48. The van der Waals surface area contributed by atoms with Crippen LogP contribution in [0.3, 0.4) is 0 Å². The Morgan fingerprint density at radius 1 is 1.60 bits per heavy atom. The van der Waals surface area contributed by atoms with Crippen molar-refractivity contribution in [3.05, 3.63) is 29.3 Å². The molecule has 53 valence electrons. The second-order valence-corrected chi connectivity index (χ2v) is 2.20. The molecule has 0 spiro atoms. The van der Waals surface area contributed by atoms with Crippen molar-refractivity contribution < 1.29 is 4.74 Å². The lowest BCUT2D eigenvalue weighted by molar-refractivity contribution is 0.339. The van der Waals surface area contributed by atoms with Gasteiger partial charge < -0.3 is 4.74 Å². The summed E-state index contributed by atoms with van der Waals surface area (Å²) in [7, 11) is 0. The maximum Gasteiger partial charge on any atom is 0.128 e. The Kier molecular flexibility index (Phi) is 2.57. The average Bonchev–Trinajstić information content (AvgIpc) is 1.88. The fraction of sp³-hybridized carbons (Fsp3) is 0.250. The van der Waals surface area contributed by atoms with Gasteiger partial charge in [0.25, 0.3) is 0 Å². The number of benzene rings is 1. The van der Waals surface area contributed by atoms with E-state index in [2.05, 4.69) is 6.07 Å². The van der Waals surface area contributed by atoms with E-state index >= 15 is 0 Å². The van der Waals surface area contributed by atoms with Crippen LogP contribution in [0.4, 0.5) is 0 Å². The van der Waals surface area contributed by atoms with Gasteiger partial charge in [-0.1, -0.05) is 17.7 Å². The predicted molar refractivity (Wildman–Crippen MR) is 41.5 cm³/mol. The second-order valence-electron chi connectivity index (χ2n) is 1.80.